The first-order valence-electron chi connectivity index (χ1n) is 7.13. The van der Waals surface area contributed by atoms with Gasteiger partial charge in [0.05, 0.1) is 5.54 Å². The first kappa shape index (κ1) is 13.4. The maximum atomic E-state index is 12.3. The van der Waals surface area contributed by atoms with E-state index in [-0.39, 0.29) is 11.8 Å². The third kappa shape index (κ3) is 2.68. The zero-order valence-corrected chi connectivity index (χ0v) is 11.5. The van der Waals surface area contributed by atoms with Crippen LogP contribution in [-0.2, 0) is 4.79 Å². The first-order chi connectivity index (χ1) is 8.51. The largest absolute Gasteiger partial charge is 0.335 e. The predicted molar refractivity (Wildman–Crippen MR) is 70.4 cm³/mol. The standard InChI is InChI=1S/C14H24N2O2/c1-14(2)12(17)9-6-10-16(14)13(18)15-11-7-4-3-5-8-11/h11H,3-10H2,1-2H3,(H,15,18). The van der Waals surface area contributed by atoms with Gasteiger partial charge in [0.15, 0.2) is 5.78 Å². The second kappa shape index (κ2) is 5.29. The number of carbonyl (C=O) groups excluding carboxylic acids is 2. The fourth-order valence-corrected chi connectivity index (χ4v) is 2.99. The third-order valence-corrected chi connectivity index (χ3v) is 4.32. The van der Waals surface area contributed by atoms with Gasteiger partial charge in [-0.1, -0.05) is 19.3 Å². The molecule has 1 saturated heterocycles. The van der Waals surface area contributed by atoms with Crippen molar-refractivity contribution in [1.82, 2.24) is 10.2 Å². The fraction of sp³-hybridized carbons (Fsp3) is 0.857. The number of hydrogen-bond acceptors (Lipinski definition) is 2. The molecular weight excluding hydrogens is 228 g/mol. The summed E-state index contributed by atoms with van der Waals surface area (Å²) in [6, 6.07) is 0.249. The van der Waals surface area contributed by atoms with Gasteiger partial charge in [0.1, 0.15) is 0 Å². The molecule has 0 aromatic heterocycles. The summed E-state index contributed by atoms with van der Waals surface area (Å²) in [6.07, 6.45) is 7.23. The lowest BCUT2D eigenvalue weighted by Crippen LogP contribution is -2.60. The number of nitrogens with one attached hydrogen (secondary N) is 1. The highest BCUT2D eigenvalue weighted by Gasteiger charge is 2.40. The number of piperidine rings is 1. The van der Waals surface area contributed by atoms with Crippen molar-refractivity contribution in [2.24, 2.45) is 0 Å². The van der Waals surface area contributed by atoms with E-state index in [4.69, 9.17) is 0 Å². The van der Waals surface area contributed by atoms with E-state index >= 15 is 0 Å². The van der Waals surface area contributed by atoms with E-state index in [9.17, 15) is 9.59 Å². The molecular formula is C14H24N2O2. The van der Waals surface area contributed by atoms with Gasteiger partial charge in [0.25, 0.3) is 0 Å². The second-order valence-electron chi connectivity index (χ2n) is 6.02. The zero-order chi connectivity index (χ0) is 13.2. The Bertz CT molecular complexity index is 333. The Hall–Kier alpha value is -1.06. The Morgan fingerprint density at radius 3 is 2.56 bits per heavy atom. The molecule has 2 fully saturated rings. The highest BCUT2D eigenvalue weighted by atomic mass is 16.2. The molecule has 0 spiro atoms. The number of ketones is 1. The summed E-state index contributed by atoms with van der Waals surface area (Å²) in [5, 5.41) is 3.10. The van der Waals surface area contributed by atoms with E-state index in [2.05, 4.69) is 5.32 Å². The summed E-state index contributed by atoms with van der Waals surface area (Å²) in [4.78, 5) is 25.9. The van der Waals surface area contributed by atoms with Gasteiger partial charge in [-0.2, -0.15) is 0 Å². The lowest BCUT2D eigenvalue weighted by atomic mass is 9.89. The Morgan fingerprint density at radius 1 is 1.22 bits per heavy atom. The molecule has 1 aliphatic carbocycles. The summed E-state index contributed by atoms with van der Waals surface area (Å²) >= 11 is 0. The van der Waals surface area contributed by atoms with Crippen molar-refractivity contribution < 1.29 is 9.59 Å². The fourth-order valence-electron chi connectivity index (χ4n) is 2.99. The lowest BCUT2D eigenvalue weighted by Gasteiger charge is -2.41. The van der Waals surface area contributed by atoms with Crippen molar-refractivity contribution in [3.63, 3.8) is 0 Å². The molecule has 0 aromatic rings. The average Bonchev–Trinajstić information content (AvgIpc) is 2.33. The Kier molecular flexibility index (Phi) is 3.93. The van der Waals surface area contributed by atoms with Gasteiger partial charge in [-0.15, -0.1) is 0 Å². The number of hydrogen-bond donors (Lipinski definition) is 1. The minimum absolute atomic E-state index is 0.0556. The normalized spacial score (nSPS) is 25.0. The van der Waals surface area contributed by atoms with Crippen LogP contribution >= 0.6 is 0 Å². The SMILES string of the molecule is CC1(C)C(=O)CCCN1C(=O)NC1CCCCC1. The topological polar surface area (TPSA) is 49.4 Å². The molecule has 18 heavy (non-hydrogen) atoms. The molecule has 1 aliphatic heterocycles. The molecule has 2 aliphatic rings. The average molecular weight is 252 g/mol. The molecule has 0 aromatic carbocycles. The third-order valence-electron chi connectivity index (χ3n) is 4.32. The van der Waals surface area contributed by atoms with Crippen molar-refractivity contribution in [3.8, 4) is 0 Å². The number of likely N-dealkylation sites (tertiary alicyclic amines) is 1. The van der Waals surface area contributed by atoms with Crippen LogP contribution in [0, 0.1) is 0 Å². The van der Waals surface area contributed by atoms with Gasteiger partial charge in [-0.05, 0) is 33.1 Å². The molecule has 1 saturated carbocycles. The maximum Gasteiger partial charge on any atom is 0.318 e. The summed E-state index contributed by atoms with van der Waals surface area (Å²) in [5.74, 6) is 0.174. The molecule has 4 heteroatoms. The smallest absolute Gasteiger partial charge is 0.318 e. The number of Topliss-reactive ketones (excluding diaryl/α,β-unsaturated/α-hetero) is 1. The predicted octanol–water partition coefficient (Wildman–Crippen LogP) is 2.47. The molecule has 2 rings (SSSR count). The van der Waals surface area contributed by atoms with E-state index in [1.807, 2.05) is 13.8 Å². The summed E-state index contributed by atoms with van der Waals surface area (Å²) < 4.78 is 0. The molecule has 2 amide bonds. The molecule has 1 heterocycles. The number of amides is 2. The van der Waals surface area contributed by atoms with E-state index < -0.39 is 5.54 Å². The van der Waals surface area contributed by atoms with Crippen LogP contribution in [-0.4, -0.2) is 34.8 Å². The van der Waals surface area contributed by atoms with E-state index in [0.29, 0.717) is 19.0 Å². The minimum atomic E-state index is -0.642. The molecule has 1 N–H and O–H groups in total. The van der Waals surface area contributed by atoms with Crippen LogP contribution < -0.4 is 5.32 Å². The van der Waals surface area contributed by atoms with Crippen molar-refractivity contribution in [2.45, 2.75) is 70.4 Å². The molecule has 0 bridgehead atoms. The van der Waals surface area contributed by atoms with Gasteiger partial charge < -0.3 is 10.2 Å². The van der Waals surface area contributed by atoms with Gasteiger partial charge in [-0.25, -0.2) is 4.79 Å². The second-order valence-corrected chi connectivity index (χ2v) is 6.02. The van der Waals surface area contributed by atoms with Crippen LogP contribution in [0.3, 0.4) is 0 Å². The van der Waals surface area contributed by atoms with E-state index in [1.165, 1.54) is 19.3 Å². The monoisotopic (exact) mass is 252 g/mol. The van der Waals surface area contributed by atoms with Crippen molar-refractivity contribution in [1.29, 1.82) is 0 Å². The zero-order valence-electron chi connectivity index (χ0n) is 11.5. The van der Waals surface area contributed by atoms with Crippen LogP contribution in [0.25, 0.3) is 0 Å². The van der Waals surface area contributed by atoms with Crippen molar-refractivity contribution >= 4 is 11.8 Å². The van der Waals surface area contributed by atoms with Crippen LogP contribution in [0.5, 0.6) is 0 Å². The number of rotatable bonds is 1. The minimum Gasteiger partial charge on any atom is -0.335 e. The highest BCUT2D eigenvalue weighted by molar-refractivity contribution is 5.92. The number of urea groups is 1. The quantitative estimate of drug-likeness (QED) is 0.779. The lowest BCUT2D eigenvalue weighted by molar-refractivity contribution is -0.130. The Morgan fingerprint density at radius 2 is 1.89 bits per heavy atom. The van der Waals surface area contributed by atoms with Gasteiger partial charge in [0.2, 0.25) is 0 Å². The molecule has 0 unspecified atom stereocenters. The van der Waals surface area contributed by atoms with Crippen LogP contribution in [0.4, 0.5) is 4.79 Å². The van der Waals surface area contributed by atoms with Crippen molar-refractivity contribution in [2.75, 3.05) is 6.54 Å². The van der Waals surface area contributed by atoms with Gasteiger partial charge in [0, 0.05) is 19.0 Å². The summed E-state index contributed by atoms with van der Waals surface area (Å²) in [7, 11) is 0. The maximum absolute atomic E-state index is 12.3. The van der Waals surface area contributed by atoms with Gasteiger partial charge in [-0.3, -0.25) is 4.79 Å². The van der Waals surface area contributed by atoms with E-state index in [0.717, 1.165) is 19.3 Å². The number of carbonyl (C=O) groups is 2. The number of nitrogens with zero attached hydrogens (tertiary/aromatic N) is 1. The van der Waals surface area contributed by atoms with Gasteiger partial charge >= 0.3 is 6.03 Å². The van der Waals surface area contributed by atoms with Crippen molar-refractivity contribution in [3.05, 3.63) is 0 Å². The summed E-state index contributed by atoms with van der Waals surface area (Å²) in [6.45, 7) is 4.40. The van der Waals surface area contributed by atoms with Crippen LogP contribution in [0.15, 0.2) is 0 Å². The highest BCUT2D eigenvalue weighted by Crippen LogP contribution is 2.25. The molecule has 0 atom stereocenters. The Balaban J connectivity index is 1.96. The molecule has 0 radical (unpaired) electrons. The van der Waals surface area contributed by atoms with Crippen LogP contribution in [0.2, 0.25) is 0 Å². The molecule has 4 nitrogen and oxygen atoms in total. The molecule has 102 valence electrons. The summed E-state index contributed by atoms with van der Waals surface area (Å²) in [5.41, 5.74) is -0.642. The van der Waals surface area contributed by atoms with Crippen LogP contribution in [0.1, 0.15) is 58.8 Å². The first-order valence-corrected chi connectivity index (χ1v) is 7.13. The van der Waals surface area contributed by atoms with E-state index in [1.54, 1.807) is 4.90 Å². The Labute approximate surface area is 109 Å².